The molecule has 0 aromatic rings. The molecule has 0 fully saturated rings. The molecule has 0 bridgehead atoms. The molecular weight excluding hydrogens is 837 g/mol. The van der Waals surface area contributed by atoms with Gasteiger partial charge in [0.15, 0.2) is 6.10 Å². The molecule has 0 aromatic carbocycles. The predicted molar refractivity (Wildman–Crippen MR) is 297 cm³/mol. The van der Waals surface area contributed by atoms with Gasteiger partial charge in [0.1, 0.15) is 6.61 Å². The van der Waals surface area contributed by atoms with Crippen molar-refractivity contribution in [3.63, 3.8) is 0 Å². The molecule has 0 aliphatic rings. The van der Waals surface area contributed by atoms with E-state index in [4.69, 9.17) is 14.2 Å². The Morgan fingerprint density at radius 3 is 1.07 bits per heavy atom. The Labute approximate surface area is 421 Å². The second kappa shape index (κ2) is 57.9. The molecule has 68 heavy (non-hydrogen) atoms. The minimum absolute atomic E-state index is 0.0592. The largest absolute Gasteiger partial charge is 0.462 e. The van der Waals surface area contributed by atoms with Crippen molar-refractivity contribution in [1.82, 2.24) is 0 Å². The Morgan fingerprint density at radius 2 is 0.662 bits per heavy atom. The molecule has 0 aromatic heterocycles. The summed E-state index contributed by atoms with van der Waals surface area (Å²) in [5.41, 5.74) is 0. The third-order valence-corrected chi connectivity index (χ3v) is 11.8. The highest BCUT2D eigenvalue weighted by Crippen LogP contribution is 2.14. The number of unbranched alkanes of at least 4 members (excludes halogenated alkanes) is 22. The molecule has 0 spiro atoms. The lowest BCUT2D eigenvalue weighted by Gasteiger charge is -2.18. The van der Waals surface area contributed by atoms with Gasteiger partial charge in [-0.05, 0) is 122 Å². The predicted octanol–water partition coefficient (Wildman–Crippen LogP) is 19.6. The van der Waals surface area contributed by atoms with E-state index < -0.39 is 6.10 Å². The summed E-state index contributed by atoms with van der Waals surface area (Å²) in [5, 5.41) is 0. The second-order valence-corrected chi connectivity index (χ2v) is 18.4. The van der Waals surface area contributed by atoms with Crippen molar-refractivity contribution in [2.75, 3.05) is 19.8 Å². The topological polar surface area (TPSA) is 61.8 Å². The van der Waals surface area contributed by atoms with E-state index >= 15 is 0 Å². The van der Waals surface area contributed by atoms with Crippen LogP contribution in [0.1, 0.15) is 252 Å². The first-order valence-corrected chi connectivity index (χ1v) is 28.4. The molecule has 388 valence electrons. The zero-order chi connectivity index (χ0) is 49.2. The third-order valence-electron chi connectivity index (χ3n) is 11.8. The highest BCUT2D eigenvalue weighted by Gasteiger charge is 2.17. The van der Waals surface area contributed by atoms with Crippen LogP contribution in [0.4, 0.5) is 0 Å². The van der Waals surface area contributed by atoms with E-state index in [0.29, 0.717) is 19.4 Å². The van der Waals surface area contributed by atoms with E-state index in [9.17, 15) is 9.59 Å². The van der Waals surface area contributed by atoms with Gasteiger partial charge in [0.2, 0.25) is 0 Å². The molecule has 5 heteroatoms. The van der Waals surface area contributed by atoms with Gasteiger partial charge in [0, 0.05) is 19.4 Å². The number of carbonyl (C=O) groups excluding carboxylic acids is 2. The monoisotopic (exact) mass is 943 g/mol. The first-order chi connectivity index (χ1) is 33.6. The summed E-state index contributed by atoms with van der Waals surface area (Å²) in [4.78, 5) is 25.5. The Bertz CT molecular complexity index is 1340. The van der Waals surface area contributed by atoms with Gasteiger partial charge < -0.3 is 14.2 Å². The Morgan fingerprint density at radius 1 is 0.338 bits per heavy atom. The smallest absolute Gasteiger partial charge is 0.306 e. The van der Waals surface area contributed by atoms with Crippen molar-refractivity contribution in [1.29, 1.82) is 0 Å². The van der Waals surface area contributed by atoms with Gasteiger partial charge in [0.05, 0.1) is 6.61 Å². The van der Waals surface area contributed by atoms with Gasteiger partial charge in [-0.1, -0.05) is 226 Å². The maximum Gasteiger partial charge on any atom is 0.306 e. The van der Waals surface area contributed by atoms with Crippen LogP contribution in [0.2, 0.25) is 0 Å². The standard InChI is InChI=1S/C63H106O5/c1-4-7-10-13-16-19-22-25-28-30-31-32-34-37-40-43-46-49-52-55-58-66-59-61(68-63(65)57-54-51-48-45-42-39-35-27-24-21-18-15-12-9-6-3)60-67-62(64)56-53-50-47-44-41-38-36-33-29-26-23-20-17-14-11-8-5-2/h7-8,10-11,16-17,19-20,25-29,31-32,35-36,38,61H,4-6,9,12-15,18,21-24,30,33-34,37,39-60H2,1-3H3/b10-7-,11-8-,19-16-,20-17-,28-25-,29-26-,32-31-,35-27-,38-36-. The van der Waals surface area contributed by atoms with Crippen LogP contribution in [0.25, 0.3) is 0 Å². The molecule has 0 N–H and O–H groups in total. The molecule has 0 saturated carbocycles. The normalized spacial score (nSPS) is 13.0. The van der Waals surface area contributed by atoms with E-state index in [2.05, 4.69) is 130 Å². The van der Waals surface area contributed by atoms with E-state index in [1.54, 1.807) is 0 Å². The van der Waals surface area contributed by atoms with Gasteiger partial charge in [0.25, 0.3) is 0 Å². The van der Waals surface area contributed by atoms with E-state index in [1.807, 2.05) is 0 Å². The molecular formula is C63H106O5. The number of ether oxygens (including phenoxy) is 3. The minimum Gasteiger partial charge on any atom is -0.462 e. The number of esters is 2. The van der Waals surface area contributed by atoms with Crippen LogP contribution in [0, 0.1) is 0 Å². The maximum atomic E-state index is 12.9. The average molecular weight is 944 g/mol. The van der Waals surface area contributed by atoms with Gasteiger partial charge in [-0.2, -0.15) is 0 Å². The fourth-order valence-electron chi connectivity index (χ4n) is 7.60. The van der Waals surface area contributed by atoms with Crippen molar-refractivity contribution in [2.45, 2.75) is 258 Å². The molecule has 0 aliphatic heterocycles. The van der Waals surface area contributed by atoms with Gasteiger partial charge in [-0.25, -0.2) is 0 Å². The summed E-state index contributed by atoms with van der Waals surface area (Å²) in [6.45, 7) is 7.54. The summed E-state index contributed by atoms with van der Waals surface area (Å²) in [6, 6.07) is 0. The Kier molecular flexibility index (Phi) is 54.9. The summed E-state index contributed by atoms with van der Waals surface area (Å²) in [6.07, 6.45) is 79.6. The Hall–Kier alpha value is -3.44. The second-order valence-electron chi connectivity index (χ2n) is 18.4. The van der Waals surface area contributed by atoms with E-state index in [0.717, 1.165) is 128 Å². The minimum atomic E-state index is -0.564. The summed E-state index contributed by atoms with van der Waals surface area (Å²) in [5.74, 6) is -0.441. The van der Waals surface area contributed by atoms with Crippen molar-refractivity contribution in [2.24, 2.45) is 0 Å². The van der Waals surface area contributed by atoms with Crippen LogP contribution in [-0.2, 0) is 23.8 Å². The summed E-state index contributed by atoms with van der Waals surface area (Å²) < 4.78 is 17.4. The van der Waals surface area contributed by atoms with Crippen molar-refractivity contribution >= 4 is 11.9 Å². The van der Waals surface area contributed by atoms with Gasteiger partial charge >= 0.3 is 11.9 Å². The lowest BCUT2D eigenvalue weighted by atomic mass is 10.1. The zero-order valence-corrected chi connectivity index (χ0v) is 44.6. The fraction of sp³-hybridized carbons (Fsp3) is 0.683. The lowest BCUT2D eigenvalue weighted by molar-refractivity contribution is -0.163. The molecule has 1 atom stereocenters. The molecule has 0 radical (unpaired) electrons. The van der Waals surface area contributed by atoms with Gasteiger partial charge in [-0.15, -0.1) is 0 Å². The number of allylic oxidation sites excluding steroid dienone is 18. The van der Waals surface area contributed by atoms with Crippen molar-refractivity contribution in [3.8, 4) is 0 Å². The number of hydrogen-bond acceptors (Lipinski definition) is 5. The highest BCUT2D eigenvalue weighted by molar-refractivity contribution is 5.70. The molecule has 0 saturated heterocycles. The molecule has 0 rings (SSSR count). The number of carbonyl (C=O) groups is 2. The molecule has 5 nitrogen and oxygen atoms in total. The van der Waals surface area contributed by atoms with Crippen molar-refractivity contribution in [3.05, 3.63) is 109 Å². The SMILES string of the molecule is CC/C=C\C/C=C\C/C=C\C/C=C\CCCCCCCCCOCC(COC(=O)CCCCCC/C=C\C/C=C\C/C=C\C/C=C\CC)OC(=O)CCCCCCC/C=C\CCCCCCCC. The van der Waals surface area contributed by atoms with Crippen LogP contribution < -0.4 is 0 Å². The van der Waals surface area contributed by atoms with Crippen LogP contribution in [0.5, 0.6) is 0 Å². The van der Waals surface area contributed by atoms with Crippen LogP contribution >= 0.6 is 0 Å². The zero-order valence-electron chi connectivity index (χ0n) is 44.6. The number of rotatable bonds is 51. The molecule has 0 amide bonds. The highest BCUT2D eigenvalue weighted by atomic mass is 16.6. The third kappa shape index (κ3) is 55.2. The summed E-state index contributed by atoms with van der Waals surface area (Å²) in [7, 11) is 0. The molecule has 1 unspecified atom stereocenters. The lowest BCUT2D eigenvalue weighted by Crippen LogP contribution is -2.30. The first kappa shape index (κ1) is 64.6. The van der Waals surface area contributed by atoms with Crippen LogP contribution in [0.3, 0.4) is 0 Å². The summed E-state index contributed by atoms with van der Waals surface area (Å²) >= 11 is 0. The average Bonchev–Trinajstić information content (AvgIpc) is 3.34. The quantitative estimate of drug-likeness (QED) is 0.0345. The number of hydrogen-bond donors (Lipinski definition) is 0. The van der Waals surface area contributed by atoms with E-state index in [1.165, 1.54) is 89.9 Å². The first-order valence-electron chi connectivity index (χ1n) is 28.4. The Balaban J connectivity index is 4.36. The molecule has 0 heterocycles. The fourth-order valence-corrected chi connectivity index (χ4v) is 7.60. The van der Waals surface area contributed by atoms with Gasteiger partial charge in [-0.3, -0.25) is 9.59 Å². The van der Waals surface area contributed by atoms with Crippen LogP contribution in [-0.4, -0.2) is 37.9 Å². The van der Waals surface area contributed by atoms with E-state index in [-0.39, 0.29) is 25.2 Å². The van der Waals surface area contributed by atoms with Crippen molar-refractivity contribution < 1.29 is 23.8 Å². The maximum absolute atomic E-state index is 12.9. The van der Waals surface area contributed by atoms with Crippen LogP contribution in [0.15, 0.2) is 109 Å². The molecule has 0 aliphatic carbocycles.